The van der Waals surface area contributed by atoms with Gasteiger partial charge in [0.2, 0.25) is 0 Å². The normalized spacial score (nSPS) is 28.9. The predicted molar refractivity (Wildman–Crippen MR) is 58.7 cm³/mol. The zero-order chi connectivity index (χ0) is 9.54. The summed E-state index contributed by atoms with van der Waals surface area (Å²) in [6, 6.07) is 7.89. The molecule has 0 spiro atoms. The molecule has 74 valence electrons. The standard InChI is InChI=1S/C13H17N/c1-14-13-7-12(8-13)11-5-3-9-2-4-10(9)6-11/h3,5-6,12-14H,2,4,7-8H2,1H3. The Bertz CT molecular complexity index is 350. The van der Waals surface area contributed by atoms with Crippen molar-refractivity contribution in [2.24, 2.45) is 0 Å². The minimum absolute atomic E-state index is 0.770. The first kappa shape index (κ1) is 8.49. The summed E-state index contributed by atoms with van der Waals surface area (Å²) in [5.74, 6) is 0.832. The van der Waals surface area contributed by atoms with Crippen LogP contribution in [-0.4, -0.2) is 13.1 Å². The third kappa shape index (κ3) is 1.19. The second-order valence-electron chi connectivity index (χ2n) is 4.68. The van der Waals surface area contributed by atoms with Crippen LogP contribution in [0, 0.1) is 0 Å². The van der Waals surface area contributed by atoms with E-state index in [1.165, 1.54) is 25.7 Å². The maximum Gasteiger partial charge on any atom is 0.00757 e. The lowest BCUT2D eigenvalue weighted by molar-refractivity contribution is 0.307. The molecule has 1 aromatic rings. The molecule has 1 heteroatoms. The van der Waals surface area contributed by atoms with E-state index in [9.17, 15) is 0 Å². The predicted octanol–water partition coefficient (Wildman–Crippen LogP) is 2.25. The highest BCUT2D eigenvalue weighted by atomic mass is 14.9. The molecule has 1 nitrogen and oxygen atoms in total. The lowest BCUT2D eigenvalue weighted by atomic mass is 9.74. The molecule has 2 aliphatic rings. The summed E-state index contributed by atoms with van der Waals surface area (Å²) in [5.41, 5.74) is 4.77. The van der Waals surface area contributed by atoms with Crippen molar-refractivity contribution in [3.8, 4) is 0 Å². The quantitative estimate of drug-likeness (QED) is 0.748. The summed E-state index contributed by atoms with van der Waals surface area (Å²) in [4.78, 5) is 0. The molecule has 0 aliphatic heterocycles. The fourth-order valence-corrected chi connectivity index (χ4v) is 2.59. The van der Waals surface area contributed by atoms with Gasteiger partial charge in [-0.2, -0.15) is 0 Å². The number of rotatable bonds is 2. The highest BCUT2D eigenvalue weighted by Gasteiger charge is 2.29. The van der Waals surface area contributed by atoms with Crippen LogP contribution in [0.2, 0.25) is 0 Å². The molecule has 1 fully saturated rings. The van der Waals surface area contributed by atoms with Crippen LogP contribution >= 0.6 is 0 Å². The van der Waals surface area contributed by atoms with E-state index in [0.29, 0.717) is 0 Å². The van der Waals surface area contributed by atoms with Gasteiger partial charge in [0.05, 0.1) is 0 Å². The molecule has 0 saturated heterocycles. The Balaban J connectivity index is 1.75. The average molecular weight is 187 g/mol. The molecule has 1 N–H and O–H groups in total. The monoisotopic (exact) mass is 187 g/mol. The summed E-state index contributed by atoms with van der Waals surface area (Å²) in [5, 5.41) is 3.34. The van der Waals surface area contributed by atoms with Crippen molar-refractivity contribution < 1.29 is 0 Å². The molecule has 0 bridgehead atoms. The highest BCUT2D eigenvalue weighted by molar-refractivity contribution is 5.40. The van der Waals surface area contributed by atoms with Gasteiger partial charge in [-0.05, 0) is 55.3 Å². The molecular formula is C13H17N. The number of hydrogen-bond acceptors (Lipinski definition) is 1. The third-order valence-electron chi connectivity index (χ3n) is 3.91. The highest BCUT2D eigenvalue weighted by Crippen LogP contribution is 2.38. The first-order chi connectivity index (χ1) is 6.86. The van der Waals surface area contributed by atoms with E-state index in [1.807, 2.05) is 0 Å². The maximum atomic E-state index is 3.34. The van der Waals surface area contributed by atoms with Gasteiger partial charge < -0.3 is 5.32 Å². The molecule has 0 unspecified atom stereocenters. The molecule has 0 aromatic heterocycles. The Hall–Kier alpha value is -0.820. The summed E-state index contributed by atoms with van der Waals surface area (Å²) < 4.78 is 0. The van der Waals surface area contributed by atoms with E-state index in [2.05, 4.69) is 30.6 Å². The minimum Gasteiger partial charge on any atom is -0.317 e. The Morgan fingerprint density at radius 3 is 2.50 bits per heavy atom. The summed E-state index contributed by atoms with van der Waals surface area (Å²) in [6.07, 6.45) is 5.27. The van der Waals surface area contributed by atoms with Gasteiger partial charge in [-0.25, -0.2) is 0 Å². The van der Waals surface area contributed by atoms with Gasteiger partial charge >= 0.3 is 0 Å². The van der Waals surface area contributed by atoms with Crippen molar-refractivity contribution >= 4 is 0 Å². The van der Waals surface area contributed by atoms with Crippen molar-refractivity contribution in [3.63, 3.8) is 0 Å². The summed E-state index contributed by atoms with van der Waals surface area (Å²) >= 11 is 0. The fraction of sp³-hybridized carbons (Fsp3) is 0.538. The van der Waals surface area contributed by atoms with Gasteiger partial charge in [-0.3, -0.25) is 0 Å². The molecule has 1 aromatic carbocycles. The Labute approximate surface area is 85.5 Å². The topological polar surface area (TPSA) is 12.0 Å². The lowest BCUT2D eigenvalue weighted by Crippen LogP contribution is -2.37. The Kier molecular flexibility index (Phi) is 1.88. The number of benzene rings is 1. The molecular weight excluding hydrogens is 170 g/mol. The van der Waals surface area contributed by atoms with Crippen LogP contribution in [0.3, 0.4) is 0 Å². The molecule has 0 heterocycles. The second kappa shape index (κ2) is 3.09. The van der Waals surface area contributed by atoms with Gasteiger partial charge in [0, 0.05) is 6.04 Å². The lowest BCUT2D eigenvalue weighted by Gasteiger charge is -2.36. The van der Waals surface area contributed by atoms with E-state index in [4.69, 9.17) is 0 Å². The van der Waals surface area contributed by atoms with Crippen LogP contribution in [0.5, 0.6) is 0 Å². The second-order valence-corrected chi connectivity index (χ2v) is 4.68. The Morgan fingerprint density at radius 2 is 1.93 bits per heavy atom. The number of nitrogens with one attached hydrogen (secondary N) is 1. The third-order valence-corrected chi connectivity index (χ3v) is 3.91. The van der Waals surface area contributed by atoms with Crippen molar-refractivity contribution in [3.05, 3.63) is 34.9 Å². The van der Waals surface area contributed by atoms with Gasteiger partial charge in [0.1, 0.15) is 0 Å². The molecule has 1 saturated carbocycles. The average Bonchev–Trinajstić information content (AvgIpc) is 2.07. The van der Waals surface area contributed by atoms with Crippen molar-refractivity contribution in [2.45, 2.75) is 37.6 Å². The molecule has 14 heavy (non-hydrogen) atoms. The fourth-order valence-electron chi connectivity index (χ4n) is 2.59. The van der Waals surface area contributed by atoms with E-state index in [1.54, 1.807) is 16.7 Å². The van der Waals surface area contributed by atoms with Crippen LogP contribution in [-0.2, 0) is 12.8 Å². The van der Waals surface area contributed by atoms with E-state index in [0.717, 1.165) is 12.0 Å². The van der Waals surface area contributed by atoms with Gasteiger partial charge in [-0.1, -0.05) is 18.2 Å². The summed E-state index contributed by atoms with van der Waals surface area (Å²) in [7, 11) is 2.07. The van der Waals surface area contributed by atoms with Crippen molar-refractivity contribution in [2.75, 3.05) is 7.05 Å². The van der Waals surface area contributed by atoms with E-state index in [-0.39, 0.29) is 0 Å². The van der Waals surface area contributed by atoms with E-state index >= 15 is 0 Å². The minimum atomic E-state index is 0.770. The number of aryl methyl sites for hydroxylation is 2. The SMILES string of the molecule is CNC1CC(c2ccc3c(c2)CC3)C1. The molecule has 0 amide bonds. The first-order valence-corrected chi connectivity index (χ1v) is 5.66. The first-order valence-electron chi connectivity index (χ1n) is 5.66. The number of fused-ring (bicyclic) bond motifs is 1. The molecule has 0 atom stereocenters. The Morgan fingerprint density at radius 1 is 1.14 bits per heavy atom. The van der Waals surface area contributed by atoms with Crippen LogP contribution < -0.4 is 5.32 Å². The van der Waals surface area contributed by atoms with E-state index < -0.39 is 0 Å². The smallest absolute Gasteiger partial charge is 0.00757 e. The van der Waals surface area contributed by atoms with Crippen LogP contribution in [0.25, 0.3) is 0 Å². The van der Waals surface area contributed by atoms with Crippen molar-refractivity contribution in [1.82, 2.24) is 5.32 Å². The van der Waals surface area contributed by atoms with Gasteiger partial charge in [-0.15, -0.1) is 0 Å². The van der Waals surface area contributed by atoms with Gasteiger partial charge in [0.25, 0.3) is 0 Å². The largest absolute Gasteiger partial charge is 0.317 e. The van der Waals surface area contributed by atoms with Crippen LogP contribution in [0.1, 0.15) is 35.4 Å². The van der Waals surface area contributed by atoms with Gasteiger partial charge in [0.15, 0.2) is 0 Å². The maximum absolute atomic E-state index is 3.34. The zero-order valence-electron chi connectivity index (χ0n) is 8.72. The zero-order valence-corrected chi connectivity index (χ0v) is 8.72. The van der Waals surface area contributed by atoms with Crippen LogP contribution in [0.15, 0.2) is 18.2 Å². The van der Waals surface area contributed by atoms with Crippen LogP contribution in [0.4, 0.5) is 0 Å². The molecule has 3 rings (SSSR count). The molecule has 0 radical (unpaired) electrons. The van der Waals surface area contributed by atoms with Crippen molar-refractivity contribution in [1.29, 1.82) is 0 Å². The summed E-state index contributed by atoms with van der Waals surface area (Å²) in [6.45, 7) is 0. The molecule has 2 aliphatic carbocycles. The number of hydrogen-bond donors (Lipinski definition) is 1.